The van der Waals surface area contributed by atoms with E-state index >= 15 is 0 Å². The molecule has 1 aromatic carbocycles. The summed E-state index contributed by atoms with van der Waals surface area (Å²) in [6, 6.07) is 3.75. The molecule has 0 saturated carbocycles. The monoisotopic (exact) mass is 264 g/mol. The van der Waals surface area contributed by atoms with Crippen LogP contribution in [0.2, 0.25) is 0 Å². The molecular weight excluding hydrogens is 248 g/mol. The number of piperidine rings is 1. The van der Waals surface area contributed by atoms with Gasteiger partial charge in [-0.25, -0.2) is 9.59 Å². The molecule has 1 aromatic rings. The Kier molecular flexibility index (Phi) is 3.89. The van der Waals surface area contributed by atoms with Crippen molar-refractivity contribution in [1.29, 1.82) is 0 Å². The Labute approximate surface area is 110 Å². The lowest BCUT2D eigenvalue weighted by atomic mass is 10.1. The maximum atomic E-state index is 11.9. The fraction of sp³-hybridized carbons (Fsp3) is 0.385. The number of rotatable bonds is 2. The third-order valence-electron chi connectivity index (χ3n) is 3.12. The third kappa shape index (κ3) is 3.15. The Hall–Kier alpha value is -2.24. The number of aromatic hydroxyl groups is 1. The van der Waals surface area contributed by atoms with E-state index in [1.165, 1.54) is 18.2 Å². The average Bonchev–Trinajstić information content (AvgIpc) is 2.41. The number of anilines is 1. The molecular formula is C13H16N2O4. The number of phenols is 1. The summed E-state index contributed by atoms with van der Waals surface area (Å²) < 4.78 is 0. The van der Waals surface area contributed by atoms with Gasteiger partial charge in [-0.15, -0.1) is 0 Å². The van der Waals surface area contributed by atoms with Gasteiger partial charge in [0, 0.05) is 18.8 Å². The van der Waals surface area contributed by atoms with Crippen LogP contribution in [-0.4, -0.2) is 40.2 Å². The normalized spacial score (nSPS) is 15.1. The molecule has 0 unspecified atom stereocenters. The van der Waals surface area contributed by atoms with Crippen molar-refractivity contribution in [3.05, 3.63) is 23.8 Å². The second-order valence-electron chi connectivity index (χ2n) is 4.51. The fourth-order valence-corrected chi connectivity index (χ4v) is 2.08. The number of nitrogens with zero attached hydrogens (tertiary/aromatic N) is 1. The summed E-state index contributed by atoms with van der Waals surface area (Å²) >= 11 is 0. The summed E-state index contributed by atoms with van der Waals surface area (Å²) in [7, 11) is 0. The number of amides is 2. The van der Waals surface area contributed by atoms with Crippen LogP contribution in [0.4, 0.5) is 10.5 Å². The van der Waals surface area contributed by atoms with Crippen molar-refractivity contribution < 1.29 is 19.8 Å². The summed E-state index contributed by atoms with van der Waals surface area (Å²) in [5, 5.41) is 20.9. The molecule has 3 N–H and O–H groups in total. The molecule has 2 rings (SSSR count). The molecule has 19 heavy (non-hydrogen) atoms. The lowest BCUT2D eigenvalue weighted by molar-refractivity contribution is 0.0693. The van der Waals surface area contributed by atoms with Crippen LogP contribution < -0.4 is 5.32 Å². The van der Waals surface area contributed by atoms with Crippen LogP contribution in [-0.2, 0) is 0 Å². The van der Waals surface area contributed by atoms with Gasteiger partial charge in [0.05, 0.1) is 0 Å². The van der Waals surface area contributed by atoms with Gasteiger partial charge in [-0.2, -0.15) is 0 Å². The van der Waals surface area contributed by atoms with Crippen LogP contribution in [0.25, 0.3) is 0 Å². The van der Waals surface area contributed by atoms with Crippen LogP contribution in [0.15, 0.2) is 18.2 Å². The van der Waals surface area contributed by atoms with Crippen molar-refractivity contribution in [2.24, 2.45) is 0 Å². The number of carboxylic acid groups (broad SMARTS) is 1. The molecule has 1 saturated heterocycles. The first-order valence-electron chi connectivity index (χ1n) is 6.20. The minimum atomic E-state index is -1.23. The van der Waals surface area contributed by atoms with Crippen LogP contribution in [0, 0.1) is 0 Å². The van der Waals surface area contributed by atoms with E-state index in [-0.39, 0.29) is 17.3 Å². The molecule has 1 aliphatic heterocycles. The van der Waals surface area contributed by atoms with Crippen molar-refractivity contribution in [2.45, 2.75) is 19.3 Å². The number of aromatic carboxylic acids is 1. The number of hydrogen-bond acceptors (Lipinski definition) is 3. The standard InChI is InChI=1S/C13H16N2O4/c16-11-5-4-9(8-10(11)12(17)18)14-13(19)15-6-2-1-3-7-15/h4-5,8,16H,1-3,6-7H2,(H,14,19)(H,17,18). The van der Waals surface area contributed by atoms with Crippen molar-refractivity contribution in [1.82, 2.24) is 4.90 Å². The van der Waals surface area contributed by atoms with Crippen molar-refractivity contribution >= 4 is 17.7 Å². The summed E-state index contributed by atoms with van der Waals surface area (Å²) in [5.41, 5.74) is 0.141. The molecule has 6 heteroatoms. The Morgan fingerprint density at radius 1 is 1.16 bits per heavy atom. The number of urea groups is 1. The van der Waals surface area contributed by atoms with Gasteiger partial charge in [0.15, 0.2) is 0 Å². The molecule has 102 valence electrons. The maximum absolute atomic E-state index is 11.9. The molecule has 1 heterocycles. The maximum Gasteiger partial charge on any atom is 0.339 e. The highest BCUT2D eigenvalue weighted by Gasteiger charge is 2.17. The van der Waals surface area contributed by atoms with E-state index in [4.69, 9.17) is 5.11 Å². The van der Waals surface area contributed by atoms with Crippen molar-refractivity contribution in [3.8, 4) is 5.75 Å². The van der Waals surface area contributed by atoms with Crippen LogP contribution >= 0.6 is 0 Å². The molecule has 2 amide bonds. The molecule has 1 aliphatic rings. The van der Waals surface area contributed by atoms with E-state index in [2.05, 4.69) is 5.32 Å². The van der Waals surface area contributed by atoms with Gasteiger partial charge in [0.25, 0.3) is 0 Å². The van der Waals surface area contributed by atoms with E-state index in [1.807, 2.05) is 0 Å². The first kappa shape index (κ1) is 13.2. The number of benzene rings is 1. The SMILES string of the molecule is O=C(O)c1cc(NC(=O)N2CCCCC2)ccc1O. The molecule has 0 atom stereocenters. The van der Waals surface area contributed by atoms with Crippen molar-refractivity contribution in [2.75, 3.05) is 18.4 Å². The van der Waals surface area contributed by atoms with E-state index in [0.29, 0.717) is 5.69 Å². The van der Waals surface area contributed by atoms with E-state index in [0.717, 1.165) is 32.4 Å². The zero-order valence-electron chi connectivity index (χ0n) is 10.4. The summed E-state index contributed by atoms with van der Waals surface area (Å²) in [6.45, 7) is 1.44. The van der Waals surface area contributed by atoms with Gasteiger partial charge in [0.1, 0.15) is 11.3 Å². The highest BCUT2D eigenvalue weighted by molar-refractivity contribution is 5.95. The summed E-state index contributed by atoms with van der Waals surface area (Å²) in [4.78, 5) is 24.5. The quantitative estimate of drug-likeness (QED) is 0.713. The topological polar surface area (TPSA) is 89.9 Å². The largest absolute Gasteiger partial charge is 0.507 e. The zero-order chi connectivity index (χ0) is 13.8. The van der Waals surface area contributed by atoms with Crippen molar-refractivity contribution in [3.63, 3.8) is 0 Å². The average molecular weight is 264 g/mol. The van der Waals surface area contributed by atoms with E-state index in [1.54, 1.807) is 4.90 Å². The van der Waals surface area contributed by atoms with Gasteiger partial charge in [-0.05, 0) is 37.5 Å². The first-order chi connectivity index (χ1) is 9.08. The third-order valence-corrected chi connectivity index (χ3v) is 3.12. The van der Waals surface area contributed by atoms with Crippen LogP contribution in [0.5, 0.6) is 5.75 Å². The minimum Gasteiger partial charge on any atom is -0.507 e. The Morgan fingerprint density at radius 3 is 2.47 bits per heavy atom. The summed E-state index contributed by atoms with van der Waals surface area (Å²) in [5.74, 6) is -1.55. The number of carbonyl (C=O) groups is 2. The van der Waals surface area contributed by atoms with E-state index in [9.17, 15) is 14.7 Å². The zero-order valence-corrected chi connectivity index (χ0v) is 10.4. The van der Waals surface area contributed by atoms with Gasteiger partial charge in [-0.1, -0.05) is 0 Å². The molecule has 6 nitrogen and oxygen atoms in total. The number of likely N-dealkylation sites (tertiary alicyclic amines) is 1. The number of hydrogen-bond donors (Lipinski definition) is 3. The lowest BCUT2D eigenvalue weighted by Gasteiger charge is -2.26. The molecule has 0 spiro atoms. The molecule has 0 aromatic heterocycles. The predicted molar refractivity (Wildman–Crippen MR) is 69.5 cm³/mol. The number of nitrogens with one attached hydrogen (secondary N) is 1. The number of carboxylic acids is 1. The Bertz CT molecular complexity index is 495. The predicted octanol–water partition coefficient (Wildman–Crippen LogP) is 2.11. The van der Waals surface area contributed by atoms with E-state index < -0.39 is 5.97 Å². The summed E-state index contributed by atoms with van der Waals surface area (Å²) in [6.07, 6.45) is 3.11. The molecule has 0 bridgehead atoms. The second kappa shape index (κ2) is 5.60. The van der Waals surface area contributed by atoms with Gasteiger partial charge in [-0.3, -0.25) is 0 Å². The first-order valence-corrected chi connectivity index (χ1v) is 6.20. The fourth-order valence-electron chi connectivity index (χ4n) is 2.08. The Morgan fingerprint density at radius 2 is 1.84 bits per heavy atom. The minimum absolute atomic E-state index is 0.226. The van der Waals surface area contributed by atoms with Gasteiger partial charge >= 0.3 is 12.0 Å². The highest BCUT2D eigenvalue weighted by Crippen LogP contribution is 2.22. The van der Waals surface area contributed by atoms with Crippen LogP contribution in [0.1, 0.15) is 29.6 Å². The second-order valence-corrected chi connectivity index (χ2v) is 4.51. The smallest absolute Gasteiger partial charge is 0.339 e. The number of carbonyl (C=O) groups excluding carboxylic acids is 1. The molecule has 0 radical (unpaired) electrons. The molecule has 1 fully saturated rings. The highest BCUT2D eigenvalue weighted by atomic mass is 16.4. The molecule has 0 aliphatic carbocycles. The van der Waals surface area contributed by atoms with Gasteiger partial charge in [0.2, 0.25) is 0 Å². The lowest BCUT2D eigenvalue weighted by Crippen LogP contribution is -2.38. The Balaban J connectivity index is 2.08. The van der Waals surface area contributed by atoms with Crippen LogP contribution in [0.3, 0.4) is 0 Å². The van der Waals surface area contributed by atoms with Gasteiger partial charge < -0.3 is 20.4 Å².